The lowest BCUT2D eigenvalue weighted by Crippen LogP contribution is -2.07. The molecule has 0 saturated heterocycles. The van der Waals surface area contributed by atoms with Gasteiger partial charge in [0.05, 0.1) is 5.75 Å². The van der Waals surface area contributed by atoms with E-state index < -0.39 is 5.97 Å². The second-order valence-electron chi connectivity index (χ2n) is 5.56. The van der Waals surface area contributed by atoms with Crippen LogP contribution < -0.4 is 14.2 Å². The van der Waals surface area contributed by atoms with Crippen molar-refractivity contribution in [2.45, 2.75) is 11.8 Å². The normalized spacial score (nSPS) is 12.1. The number of aliphatic carboxylic acids is 1. The number of hydrogen-bond acceptors (Lipinski definition) is 7. The van der Waals surface area contributed by atoms with E-state index in [4.69, 9.17) is 19.3 Å². The van der Waals surface area contributed by atoms with E-state index in [-0.39, 0.29) is 19.2 Å². The van der Waals surface area contributed by atoms with Gasteiger partial charge in [0, 0.05) is 11.8 Å². The van der Waals surface area contributed by atoms with Crippen molar-refractivity contribution in [1.82, 2.24) is 14.8 Å². The molecule has 0 amide bonds. The van der Waals surface area contributed by atoms with Gasteiger partial charge in [0.2, 0.25) is 6.79 Å². The van der Waals surface area contributed by atoms with Crippen molar-refractivity contribution in [1.29, 1.82) is 0 Å². The molecular weight excluding hydrogens is 370 g/mol. The number of carbonyl (C=O) groups is 1. The van der Waals surface area contributed by atoms with Gasteiger partial charge in [-0.05, 0) is 24.3 Å². The highest BCUT2D eigenvalue weighted by Gasteiger charge is 2.17. The number of hydrogen-bond donors (Lipinski definition) is 1. The summed E-state index contributed by atoms with van der Waals surface area (Å²) >= 11 is 1.11. The van der Waals surface area contributed by atoms with E-state index in [2.05, 4.69) is 10.2 Å². The molecule has 1 aliphatic heterocycles. The minimum atomic E-state index is -0.916. The molecule has 0 saturated carbocycles. The number of benzene rings is 2. The monoisotopic (exact) mass is 385 g/mol. The highest BCUT2D eigenvalue weighted by molar-refractivity contribution is 7.99. The first-order valence-electron chi connectivity index (χ1n) is 8.07. The average molecular weight is 385 g/mol. The lowest BCUT2D eigenvalue weighted by Gasteiger charge is -2.11. The fourth-order valence-electron chi connectivity index (χ4n) is 2.56. The molecule has 8 nitrogen and oxygen atoms in total. The molecule has 2 aromatic carbocycles. The Kier molecular flexibility index (Phi) is 4.84. The maximum absolute atomic E-state index is 10.9. The van der Waals surface area contributed by atoms with Crippen LogP contribution in [0.3, 0.4) is 0 Å². The molecule has 138 valence electrons. The summed E-state index contributed by atoms with van der Waals surface area (Å²) < 4.78 is 18.3. The Morgan fingerprint density at radius 2 is 1.96 bits per heavy atom. The van der Waals surface area contributed by atoms with Gasteiger partial charge in [0.25, 0.3) is 0 Å². The zero-order valence-electron chi connectivity index (χ0n) is 14.1. The third-order valence-corrected chi connectivity index (χ3v) is 4.67. The molecule has 0 atom stereocenters. The fraction of sp³-hybridized carbons (Fsp3) is 0.167. The number of fused-ring (bicyclic) bond motifs is 1. The molecule has 0 aliphatic carbocycles. The van der Waals surface area contributed by atoms with Crippen molar-refractivity contribution in [2.75, 3.05) is 12.5 Å². The second kappa shape index (κ2) is 7.58. The molecule has 2 heterocycles. The molecule has 0 unspecified atom stereocenters. The van der Waals surface area contributed by atoms with Crippen molar-refractivity contribution < 1.29 is 24.1 Å². The summed E-state index contributed by atoms with van der Waals surface area (Å²) in [5.74, 6) is 1.47. The van der Waals surface area contributed by atoms with Crippen LogP contribution >= 0.6 is 11.8 Å². The smallest absolute Gasteiger partial charge is 0.313 e. The molecule has 3 aromatic rings. The van der Waals surface area contributed by atoms with Crippen LogP contribution in [0.2, 0.25) is 0 Å². The van der Waals surface area contributed by atoms with E-state index in [0.717, 1.165) is 17.4 Å². The number of aromatic nitrogens is 3. The Morgan fingerprint density at radius 3 is 2.78 bits per heavy atom. The number of thioether (sulfide) groups is 1. The minimum absolute atomic E-state index is 0.103. The van der Waals surface area contributed by atoms with Gasteiger partial charge < -0.3 is 19.3 Å². The van der Waals surface area contributed by atoms with Crippen LogP contribution in [0.1, 0.15) is 5.82 Å². The van der Waals surface area contributed by atoms with Gasteiger partial charge in [-0.15, -0.1) is 10.2 Å². The van der Waals surface area contributed by atoms with Gasteiger partial charge in [-0.25, -0.2) is 0 Å². The van der Waals surface area contributed by atoms with E-state index in [0.29, 0.717) is 28.2 Å². The van der Waals surface area contributed by atoms with Crippen LogP contribution in [0.5, 0.6) is 17.2 Å². The van der Waals surface area contributed by atoms with E-state index in [1.165, 1.54) is 0 Å². The summed E-state index contributed by atoms with van der Waals surface area (Å²) in [5.41, 5.74) is 0.833. The van der Waals surface area contributed by atoms with Gasteiger partial charge in [0.15, 0.2) is 22.5 Å². The molecule has 0 fully saturated rings. The fourth-order valence-corrected chi connectivity index (χ4v) is 3.26. The largest absolute Gasteiger partial charge is 0.485 e. The molecule has 9 heteroatoms. The SMILES string of the molecule is O=C(O)CSc1nnc(COc2ccc3c(c2)OCO3)n1-c1ccccc1. The summed E-state index contributed by atoms with van der Waals surface area (Å²) in [7, 11) is 0. The van der Waals surface area contributed by atoms with E-state index in [1.54, 1.807) is 22.8 Å². The van der Waals surface area contributed by atoms with Crippen LogP contribution in [-0.2, 0) is 11.4 Å². The first-order valence-corrected chi connectivity index (χ1v) is 9.06. The Morgan fingerprint density at radius 1 is 1.15 bits per heavy atom. The topological polar surface area (TPSA) is 95.7 Å². The molecule has 1 aliphatic rings. The summed E-state index contributed by atoms with van der Waals surface area (Å²) in [5, 5.41) is 17.7. The summed E-state index contributed by atoms with van der Waals surface area (Å²) in [6, 6.07) is 14.8. The maximum atomic E-state index is 10.9. The second-order valence-corrected chi connectivity index (χ2v) is 6.50. The predicted octanol–water partition coefficient (Wildman–Crippen LogP) is 2.75. The molecule has 27 heavy (non-hydrogen) atoms. The highest BCUT2D eigenvalue weighted by atomic mass is 32.2. The van der Waals surface area contributed by atoms with Gasteiger partial charge in [-0.2, -0.15) is 0 Å². The van der Waals surface area contributed by atoms with E-state index in [1.807, 2.05) is 30.3 Å². The summed E-state index contributed by atoms with van der Waals surface area (Å²) in [6.07, 6.45) is 0. The van der Waals surface area contributed by atoms with Crippen molar-refractivity contribution in [2.24, 2.45) is 0 Å². The molecule has 1 N–H and O–H groups in total. The molecule has 0 radical (unpaired) electrons. The molecule has 4 rings (SSSR count). The Labute approximate surface area is 158 Å². The third-order valence-electron chi connectivity index (χ3n) is 3.75. The van der Waals surface area contributed by atoms with Crippen molar-refractivity contribution >= 4 is 17.7 Å². The van der Waals surface area contributed by atoms with Gasteiger partial charge >= 0.3 is 5.97 Å². The highest BCUT2D eigenvalue weighted by Crippen LogP contribution is 2.35. The number of rotatable bonds is 7. The zero-order valence-corrected chi connectivity index (χ0v) is 14.9. The number of para-hydroxylation sites is 1. The Hall–Kier alpha value is -3.20. The third kappa shape index (κ3) is 3.82. The predicted molar refractivity (Wildman–Crippen MR) is 96.6 cm³/mol. The van der Waals surface area contributed by atoms with Gasteiger partial charge in [0.1, 0.15) is 12.4 Å². The number of ether oxygens (including phenoxy) is 3. The minimum Gasteiger partial charge on any atom is -0.485 e. The zero-order chi connectivity index (χ0) is 18.6. The first kappa shape index (κ1) is 17.2. The quantitative estimate of drug-likeness (QED) is 0.620. The first-order chi connectivity index (χ1) is 13.2. The van der Waals surface area contributed by atoms with Crippen LogP contribution in [0, 0.1) is 0 Å². The van der Waals surface area contributed by atoms with Crippen LogP contribution in [0.15, 0.2) is 53.7 Å². The Balaban J connectivity index is 1.57. The van der Waals surface area contributed by atoms with Crippen LogP contribution in [0.25, 0.3) is 5.69 Å². The number of nitrogens with zero attached hydrogens (tertiary/aromatic N) is 3. The number of carboxylic acid groups (broad SMARTS) is 1. The van der Waals surface area contributed by atoms with Gasteiger partial charge in [-0.1, -0.05) is 30.0 Å². The molecule has 0 spiro atoms. The van der Waals surface area contributed by atoms with Crippen molar-refractivity contribution in [3.05, 3.63) is 54.4 Å². The number of carboxylic acids is 1. The molecular formula is C18H15N3O5S. The standard InChI is InChI=1S/C18H15N3O5S/c22-17(23)10-27-18-20-19-16(21(18)12-4-2-1-3-5-12)9-24-13-6-7-14-15(8-13)26-11-25-14/h1-8H,9-11H2,(H,22,23). The molecule has 1 aromatic heterocycles. The summed E-state index contributed by atoms with van der Waals surface area (Å²) in [4.78, 5) is 10.9. The summed E-state index contributed by atoms with van der Waals surface area (Å²) in [6.45, 7) is 0.362. The average Bonchev–Trinajstić information content (AvgIpc) is 3.31. The van der Waals surface area contributed by atoms with Gasteiger partial charge in [-0.3, -0.25) is 9.36 Å². The molecule has 0 bridgehead atoms. The lowest BCUT2D eigenvalue weighted by molar-refractivity contribution is -0.133. The Bertz CT molecular complexity index is 961. The maximum Gasteiger partial charge on any atom is 0.313 e. The van der Waals surface area contributed by atoms with Crippen LogP contribution in [-0.4, -0.2) is 38.4 Å². The van der Waals surface area contributed by atoms with E-state index in [9.17, 15) is 4.79 Å². The van der Waals surface area contributed by atoms with Crippen molar-refractivity contribution in [3.63, 3.8) is 0 Å². The van der Waals surface area contributed by atoms with E-state index >= 15 is 0 Å². The van der Waals surface area contributed by atoms with Crippen LogP contribution in [0.4, 0.5) is 0 Å². The lowest BCUT2D eigenvalue weighted by atomic mass is 10.3. The van der Waals surface area contributed by atoms with Crippen molar-refractivity contribution in [3.8, 4) is 22.9 Å².